The molecular formula is C13H15N3O2S. The van der Waals surface area contributed by atoms with Gasteiger partial charge in [0, 0.05) is 11.4 Å². The van der Waals surface area contributed by atoms with Crippen LogP contribution in [0.2, 0.25) is 0 Å². The van der Waals surface area contributed by atoms with Gasteiger partial charge in [-0.1, -0.05) is 34.8 Å². The van der Waals surface area contributed by atoms with Gasteiger partial charge in [0.25, 0.3) is 5.91 Å². The fraction of sp³-hybridized carbons (Fsp3) is 0.308. The zero-order valence-electron chi connectivity index (χ0n) is 10.5. The zero-order valence-corrected chi connectivity index (χ0v) is 11.3. The summed E-state index contributed by atoms with van der Waals surface area (Å²) < 4.78 is 3.64. The third-order valence-corrected chi connectivity index (χ3v) is 3.24. The number of benzene rings is 1. The topological polar surface area (TPSA) is 75.1 Å². The largest absolute Gasteiger partial charge is 0.388 e. The molecule has 19 heavy (non-hydrogen) atoms. The molecule has 0 unspecified atom stereocenters. The Hall–Kier alpha value is -1.79. The van der Waals surface area contributed by atoms with Gasteiger partial charge in [-0.2, -0.15) is 0 Å². The normalized spacial score (nSPS) is 13.8. The predicted octanol–water partition coefficient (Wildman–Crippen LogP) is 1.78. The van der Waals surface area contributed by atoms with Crippen molar-refractivity contribution in [3.05, 3.63) is 47.0 Å². The molecule has 0 aliphatic carbocycles. The molecule has 2 aromatic rings. The van der Waals surface area contributed by atoms with Gasteiger partial charge in [0.05, 0.1) is 6.10 Å². The summed E-state index contributed by atoms with van der Waals surface area (Å²) >= 11 is 1.13. The zero-order chi connectivity index (χ0) is 13.7. The molecule has 0 fully saturated rings. The van der Waals surface area contributed by atoms with Crippen LogP contribution in [0, 0.1) is 0 Å². The molecule has 0 spiro atoms. The molecular weight excluding hydrogens is 262 g/mol. The van der Waals surface area contributed by atoms with Crippen molar-refractivity contribution < 1.29 is 9.90 Å². The molecule has 2 N–H and O–H groups in total. The molecule has 1 aromatic carbocycles. The number of carbonyl (C=O) groups excluding carboxylic acids is 1. The van der Waals surface area contributed by atoms with Crippen LogP contribution in [0.1, 0.15) is 35.5 Å². The summed E-state index contributed by atoms with van der Waals surface area (Å²) in [6, 6.07) is 9.24. The van der Waals surface area contributed by atoms with E-state index in [0.29, 0.717) is 12.1 Å². The van der Waals surface area contributed by atoms with E-state index in [9.17, 15) is 9.90 Å². The van der Waals surface area contributed by atoms with E-state index in [0.717, 1.165) is 17.1 Å². The molecule has 0 aliphatic heterocycles. The standard InChI is InChI=1S/C13H15N3O2S/c1-9(14-13(18)11-8-19-16-15-11)7-12(17)10-5-3-2-4-6-10/h2-6,8-9,12,17H,7H2,1H3,(H,14,18)/t9-,12+/m1/s1. The number of aliphatic hydroxyl groups excluding tert-OH is 1. The van der Waals surface area contributed by atoms with Crippen LogP contribution in [0.5, 0.6) is 0 Å². The van der Waals surface area contributed by atoms with Crippen LogP contribution >= 0.6 is 11.5 Å². The van der Waals surface area contributed by atoms with Gasteiger partial charge in [0.1, 0.15) is 0 Å². The second kappa shape index (κ2) is 6.40. The number of amides is 1. The lowest BCUT2D eigenvalue weighted by Gasteiger charge is -2.17. The number of aromatic nitrogens is 2. The Morgan fingerprint density at radius 1 is 1.42 bits per heavy atom. The third-order valence-electron chi connectivity index (χ3n) is 2.73. The van der Waals surface area contributed by atoms with E-state index in [1.807, 2.05) is 37.3 Å². The third kappa shape index (κ3) is 3.84. The lowest BCUT2D eigenvalue weighted by atomic mass is 10.0. The number of aliphatic hydroxyl groups is 1. The van der Waals surface area contributed by atoms with Crippen LogP contribution in [0.4, 0.5) is 0 Å². The minimum atomic E-state index is -0.593. The Labute approximate surface area is 115 Å². The molecule has 1 amide bonds. The molecule has 100 valence electrons. The molecule has 2 atom stereocenters. The van der Waals surface area contributed by atoms with Gasteiger partial charge in [-0.3, -0.25) is 4.79 Å². The van der Waals surface area contributed by atoms with Crippen molar-refractivity contribution in [2.45, 2.75) is 25.5 Å². The lowest BCUT2D eigenvalue weighted by molar-refractivity contribution is 0.0912. The van der Waals surface area contributed by atoms with Crippen molar-refractivity contribution in [3.63, 3.8) is 0 Å². The van der Waals surface area contributed by atoms with Gasteiger partial charge in [0.15, 0.2) is 5.69 Å². The summed E-state index contributed by atoms with van der Waals surface area (Å²) in [5.41, 5.74) is 1.16. The van der Waals surface area contributed by atoms with E-state index >= 15 is 0 Å². The Morgan fingerprint density at radius 2 is 2.16 bits per heavy atom. The van der Waals surface area contributed by atoms with Gasteiger partial charge in [-0.15, -0.1) is 5.10 Å². The number of hydrogen-bond acceptors (Lipinski definition) is 5. The highest BCUT2D eigenvalue weighted by molar-refractivity contribution is 7.03. The number of nitrogens with one attached hydrogen (secondary N) is 1. The average molecular weight is 277 g/mol. The summed E-state index contributed by atoms with van der Waals surface area (Å²) in [5.74, 6) is -0.262. The van der Waals surface area contributed by atoms with Gasteiger partial charge in [-0.05, 0) is 30.4 Å². The first-order valence-corrected chi connectivity index (χ1v) is 6.81. The van der Waals surface area contributed by atoms with E-state index in [1.165, 1.54) is 0 Å². The Morgan fingerprint density at radius 3 is 2.79 bits per heavy atom. The maximum atomic E-state index is 11.7. The molecule has 6 heteroatoms. The van der Waals surface area contributed by atoms with Crippen LogP contribution in [-0.4, -0.2) is 26.6 Å². The molecule has 1 aromatic heterocycles. The summed E-state index contributed by atoms with van der Waals surface area (Å²) in [6.07, 6.45) is -0.141. The summed E-state index contributed by atoms with van der Waals surface area (Å²) in [7, 11) is 0. The summed E-state index contributed by atoms with van der Waals surface area (Å²) in [6.45, 7) is 1.85. The highest BCUT2D eigenvalue weighted by Crippen LogP contribution is 2.17. The number of nitrogens with zero attached hydrogens (tertiary/aromatic N) is 2. The first kappa shape index (κ1) is 13.6. The summed E-state index contributed by atoms with van der Waals surface area (Å²) in [4.78, 5) is 11.7. The smallest absolute Gasteiger partial charge is 0.272 e. The molecule has 0 radical (unpaired) electrons. The first-order chi connectivity index (χ1) is 9.16. The average Bonchev–Trinajstić information content (AvgIpc) is 2.93. The second-order valence-electron chi connectivity index (χ2n) is 4.33. The van der Waals surface area contributed by atoms with Crippen LogP contribution in [0.25, 0.3) is 0 Å². The van der Waals surface area contributed by atoms with E-state index in [4.69, 9.17) is 0 Å². The van der Waals surface area contributed by atoms with Crippen LogP contribution in [-0.2, 0) is 0 Å². The van der Waals surface area contributed by atoms with E-state index in [2.05, 4.69) is 14.9 Å². The maximum absolute atomic E-state index is 11.7. The highest BCUT2D eigenvalue weighted by atomic mass is 32.1. The molecule has 2 rings (SSSR count). The van der Waals surface area contributed by atoms with Gasteiger partial charge < -0.3 is 10.4 Å². The first-order valence-electron chi connectivity index (χ1n) is 5.97. The fourth-order valence-corrected chi connectivity index (χ4v) is 2.20. The van der Waals surface area contributed by atoms with Gasteiger partial charge in [-0.25, -0.2) is 0 Å². The Balaban J connectivity index is 1.88. The molecule has 0 bridgehead atoms. The van der Waals surface area contributed by atoms with Gasteiger partial charge in [0.2, 0.25) is 0 Å². The molecule has 1 heterocycles. The van der Waals surface area contributed by atoms with Gasteiger partial charge >= 0.3 is 0 Å². The maximum Gasteiger partial charge on any atom is 0.272 e. The van der Waals surface area contributed by atoms with E-state index in [-0.39, 0.29) is 11.9 Å². The molecule has 0 saturated carbocycles. The van der Waals surface area contributed by atoms with Crippen molar-refractivity contribution >= 4 is 17.4 Å². The van der Waals surface area contributed by atoms with Crippen LogP contribution in [0.15, 0.2) is 35.7 Å². The van der Waals surface area contributed by atoms with E-state index < -0.39 is 6.10 Å². The van der Waals surface area contributed by atoms with Crippen LogP contribution in [0.3, 0.4) is 0 Å². The van der Waals surface area contributed by atoms with E-state index in [1.54, 1.807) is 5.38 Å². The Bertz CT molecular complexity index is 516. The molecule has 5 nitrogen and oxygen atoms in total. The van der Waals surface area contributed by atoms with Crippen LogP contribution < -0.4 is 5.32 Å². The lowest BCUT2D eigenvalue weighted by Crippen LogP contribution is -2.34. The number of carbonyl (C=O) groups is 1. The van der Waals surface area contributed by atoms with Crippen molar-refractivity contribution in [2.24, 2.45) is 0 Å². The SMILES string of the molecule is C[C@H](C[C@H](O)c1ccccc1)NC(=O)c1csnn1. The monoisotopic (exact) mass is 277 g/mol. The second-order valence-corrected chi connectivity index (χ2v) is 4.94. The minimum absolute atomic E-state index is 0.149. The van der Waals surface area contributed by atoms with Crippen molar-refractivity contribution in [1.82, 2.24) is 14.9 Å². The quantitative estimate of drug-likeness (QED) is 0.873. The molecule has 0 aliphatic rings. The van der Waals surface area contributed by atoms with Crippen molar-refractivity contribution in [2.75, 3.05) is 0 Å². The number of rotatable bonds is 5. The fourth-order valence-electron chi connectivity index (χ4n) is 1.77. The number of hydrogen-bond donors (Lipinski definition) is 2. The Kier molecular flexibility index (Phi) is 4.59. The highest BCUT2D eigenvalue weighted by Gasteiger charge is 2.16. The molecule has 0 saturated heterocycles. The predicted molar refractivity (Wildman–Crippen MR) is 72.9 cm³/mol. The summed E-state index contributed by atoms with van der Waals surface area (Å²) in [5, 5.41) is 18.1. The van der Waals surface area contributed by atoms with Crippen molar-refractivity contribution in [3.8, 4) is 0 Å². The van der Waals surface area contributed by atoms with Crippen molar-refractivity contribution in [1.29, 1.82) is 0 Å². The minimum Gasteiger partial charge on any atom is -0.388 e.